The Morgan fingerprint density at radius 2 is 2.05 bits per heavy atom. The number of rotatable bonds is 2. The van der Waals surface area contributed by atoms with E-state index in [1.165, 1.54) is 4.90 Å². The molecule has 0 aliphatic carbocycles. The van der Waals surface area contributed by atoms with Crippen molar-refractivity contribution in [1.29, 1.82) is 0 Å². The first-order valence-corrected chi connectivity index (χ1v) is 7.84. The monoisotopic (exact) mass is 300 g/mol. The smallest absolute Gasteiger partial charge is 0.256 e. The number of para-hydroxylation sites is 1. The maximum Gasteiger partial charge on any atom is 0.256 e. The first-order valence-electron chi connectivity index (χ1n) is 7.84. The molecular weight excluding hydrogens is 280 g/mol. The van der Waals surface area contributed by atoms with Crippen LogP contribution in [0.5, 0.6) is 0 Å². The van der Waals surface area contributed by atoms with Crippen LogP contribution in [0.4, 0.5) is 5.69 Å². The number of fused-ring (bicyclic) bond motifs is 2. The average molecular weight is 300 g/mol. The molecule has 0 radical (unpaired) electrons. The predicted molar refractivity (Wildman–Crippen MR) is 82.4 cm³/mol. The zero-order valence-electron chi connectivity index (χ0n) is 12.9. The van der Waals surface area contributed by atoms with Crippen molar-refractivity contribution in [3.8, 4) is 0 Å². The minimum absolute atomic E-state index is 0.147. The normalized spacial score (nSPS) is 22.2. The largest absolute Gasteiger partial charge is 0.327 e. The Labute approximate surface area is 129 Å². The summed E-state index contributed by atoms with van der Waals surface area (Å²) in [7, 11) is 0. The SMILES string of the molecule is CC[C@@H](C)C(=O)N1C(=O)[C@H]2CCCN2C(=O)c2ccccc21. The Kier molecular flexibility index (Phi) is 3.72. The molecule has 1 aromatic carbocycles. The summed E-state index contributed by atoms with van der Waals surface area (Å²) in [5.74, 6) is -0.881. The van der Waals surface area contributed by atoms with Gasteiger partial charge in [0.25, 0.3) is 11.8 Å². The number of carbonyl (C=O) groups is 3. The van der Waals surface area contributed by atoms with E-state index in [9.17, 15) is 14.4 Å². The molecule has 1 fully saturated rings. The fourth-order valence-corrected chi connectivity index (χ4v) is 3.16. The van der Waals surface area contributed by atoms with Crippen LogP contribution in [0.2, 0.25) is 0 Å². The fourth-order valence-electron chi connectivity index (χ4n) is 3.16. The summed E-state index contributed by atoms with van der Waals surface area (Å²) in [5.41, 5.74) is 0.870. The molecule has 2 aliphatic heterocycles. The summed E-state index contributed by atoms with van der Waals surface area (Å²) in [5, 5.41) is 0. The van der Waals surface area contributed by atoms with Gasteiger partial charge in [0.15, 0.2) is 0 Å². The lowest BCUT2D eigenvalue weighted by molar-refractivity contribution is -0.130. The van der Waals surface area contributed by atoms with Crippen molar-refractivity contribution in [3.05, 3.63) is 29.8 Å². The van der Waals surface area contributed by atoms with Gasteiger partial charge >= 0.3 is 0 Å². The molecule has 3 rings (SSSR count). The Hall–Kier alpha value is -2.17. The lowest BCUT2D eigenvalue weighted by atomic mass is 10.0. The molecule has 0 bridgehead atoms. The highest BCUT2D eigenvalue weighted by Gasteiger charge is 2.44. The zero-order chi connectivity index (χ0) is 15.9. The molecule has 1 saturated heterocycles. The number of carbonyl (C=O) groups excluding carboxylic acids is 3. The van der Waals surface area contributed by atoms with Crippen molar-refractivity contribution in [1.82, 2.24) is 4.90 Å². The highest BCUT2D eigenvalue weighted by Crippen LogP contribution is 2.33. The number of imide groups is 1. The molecule has 2 aliphatic rings. The molecule has 0 N–H and O–H groups in total. The van der Waals surface area contributed by atoms with Gasteiger partial charge in [0, 0.05) is 12.5 Å². The van der Waals surface area contributed by atoms with Crippen LogP contribution in [0.1, 0.15) is 43.5 Å². The van der Waals surface area contributed by atoms with Crippen LogP contribution in [0, 0.1) is 5.92 Å². The third kappa shape index (κ3) is 2.12. The Morgan fingerprint density at radius 3 is 2.77 bits per heavy atom. The zero-order valence-corrected chi connectivity index (χ0v) is 12.9. The molecule has 0 aromatic heterocycles. The van der Waals surface area contributed by atoms with Gasteiger partial charge in [-0.05, 0) is 31.4 Å². The molecule has 3 amide bonds. The minimum atomic E-state index is -0.507. The van der Waals surface area contributed by atoms with E-state index in [1.54, 1.807) is 29.2 Å². The van der Waals surface area contributed by atoms with Crippen LogP contribution < -0.4 is 4.90 Å². The Bertz CT molecular complexity index is 641. The second kappa shape index (κ2) is 5.55. The first kappa shape index (κ1) is 14.8. The minimum Gasteiger partial charge on any atom is -0.327 e. The lowest BCUT2D eigenvalue weighted by Gasteiger charge is -2.26. The van der Waals surface area contributed by atoms with E-state index in [0.29, 0.717) is 30.6 Å². The van der Waals surface area contributed by atoms with E-state index >= 15 is 0 Å². The summed E-state index contributed by atoms with van der Waals surface area (Å²) in [6.07, 6.45) is 2.09. The van der Waals surface area contributed by atoms with Crippen molar-refractivity contribution in [2.45, 2.75) is 39.2 Å². The third-order valence-electron chi connectivity index (χ3n) is 4.65. The van der Waals surface area contributed by atoms with Gasteiger partial charge in [-0.15, -0.1) is 0 Å². The van der Waals surface area contributed by atoms with E-state index < -0.39 is 6.04 Å². The molecule has 2 atom stereocenters. The number of nitrogens with zero attached hydrogens (tertiary/aromatic N) is 2. The fraction of sp³-hybridized carbons (Fsp3) is 0.471. The van der Waals surface area contributed by atoms with E-state index in [1.807, 2.05) is 13.8 Å². The Morgan fingerprint density at radius 1 is 1.32 bits per heavy atom. The van der Waals surface area contributed by atoms with Crippen LogP contribution in [0.15, 0.2) is 24.3 Å². The second-order valence-corrected chi connectivity index (χ2v) is 5.99. The second-order valence-electron chi connectivity index (χ2n) is 5.99. The van der Waals surface area contributed by atoms with E-state index in [-0.39, 0.29) is 23.6 Å². The maximum atomic E-state index is 12.9. The van der Waals surface area contributed by atoms with E-state index in [2.05, 4.69) is 0 Å². The highest BCUT2D eigenvalue weighted by atomic mass is 16.2. The summed E-state index contributed by atoms with van der Waals surface area (Å²) in [6.45, 7) is 4.32. The van der Waals surface area contributed by atoms with E-state index in [4.69, 9.17) is 0 Å². The first-order chi connectivity index (χ1) is 10.6. The van der Waals surface area contributed by atoms with Gasteiger partial charge in [0.2, 0.25) is 5.91 Å². The van der Waals surface area contributed by atoms with Gasteiger partial charge in [0.1, 0.15) is 6.04 Å². The number of hydrogen-bond acceptors (Lipinski definition) is 3. The molecule has 0 unspecified atom stereocenters. The van der Waals surface area contributed by atoms with Gasteiger partial charge in [-0.2, -0.15) is 0 Å². The molecule has 22 heavy (non-hydrogen) atoms. The van der Waals surface area contributed by atoms with Crippen LogP contribution in [0.3, 0.4) is 0 Å². The van der Waals surface area contributed by atoms with Crippen LogP contribution in [-0.2, 0) is 9.59 Å². The number of hydrogen-bond donors (Lipinski definition) is 0. The molecule has 116 valence electrons. The van der Waals surface area contributed by atoms with Crippen molar-refractivity contribution in [2.75, 3.05) is 11.4 Å². The third-order valence-corrected chi connectivity index (χ3v) is 4.65. The van der Waals surface area contributed by atoms with Crippen LogP contribution in [-0.4, -0.2) is 35.2 Å². The van der Waals surface area contributed by atoms with Gasteiger partial charge in [-0.1, -0.05) is 26.0 Å². The standard InChI is InChI=1S/C17H20N2O3/c1-3-11(2)15(20)19-13-8-5-4-7-12(13)16(21)18-10-6-9-14(18)17(19)22/h4-5,7-8,11,14H,3,6,9-10H2,1-2H3/t11-,14-/m1/s1. The van der Waals surface area contributed by atoms with Gasteiger partial charge in [0.05, 0.1) is 11.3 Å². The highest BCUT2D eigenvalue weighted by molar-refractivity contribution is 6.22. The molecule has 0 spiro atoms. The lowest BCUT2D eigenvalue weighted by Crippen LogP contribution is -2.48. The van der Waals surface area contributed by atoms with Crippen molar-refractivity contribution >= 4 is 23.4 Å². The average Bonchev–Trinajstić information content (AvgIpc) is 3.00. The predicted octanol–water partition coefficient (Wildman–Crippen LogP) is 2.21. The summed E-state index contributed by atoms with van der Waals surface area (Å²) >= 11 is 0. The summed E-state index contributed by atoms with van der Waals surface area (Å²) < 4.78 is 0. The van der Waals surface area contributed by atoms with Gasteiger partial charge in [-0.3, -0.25) is 14.4 Å². The van der Waals surface area contributed by atoms with E-state index in [0.717, 1.165) is 6.42 Å². The number of amides is 3. The van der Waals surface area contributed by atoms with Crippen molar-refractivity contribution in [2.24, 2.45) is 5.92 Å². The number of benzene rings is 1. The molecular formula is C17H20N2O3. The number of anilines is 1. The molecule has 5 nitrogen and oxygen atoms in total. The molecule has 0 saturated carbocycles. The van der Waals surface area contributed by atoms with Crippen molar-refractivity contribution in [3.63, 3.8) is 0 Å². The molecule has 2 heterocycles. The molecule has 1 aromatic rings. The van der Waals surface area contributed by atoms with Crippen LogP contribution in [0.25, 0.3) is 0 Å². The van der Waals surface area contributed by atoms with Gasteiger partial charge < -0.3 is 4.90 Å². The summed E-state index contributed by atoms with van der Waals surface area (Å²) in [6, 6.07) is 6.40. The summed E-state index contributed by atoms with van der Waals surface area (Å²) in [4.78, 5) is 41.2. The topological polar surface area (TPSA) is 57.7 Å². The quantitative estimate of drug-likeness (QED) is 0.841. The van der Waals surface area contributed by atoms with Crippen LogP contribution >= 0.6 is 0 Å². The Balaban J connectivity index is 2.14. The van der Waals surface area contributed by atoms with Crippen molar-refractivity contribution < 1.29 is 14.4 Å². The maximum absolute atomic E-state index is 12.9. The molecule has 5 heteroatoms. The van der Waals surface area contributed by atoms with Gasteiger partial charge in [-0.25, -0.2) is 4.90 Å².